The fourth-order valence-corrected chi connectivity index (χ4v) is 5.41. The summed E-state index contributed by atoms with van der Waals surface area (Å²) in [5, 5.41) is -0.617. The molecule has 1 heterocycles. The number of nitrogens with one attached hydrogen (secondary N) is 1. The maximum Gasteiger partial charge on any atom is 0.214 e. The van der Waals surface area contributed by atoms with Crippen molar-refractivity contribution in [2.45, 2.75) is 50.3 Å². The zero-order valence-electron chi connectivity index (χ0n) is 11.6. The molecule has 8 heteroatoms. The number of hydrogen-bond donors (Lipinski definition) is 2. The van der Waals surface area contributed by atoms with Gasteiger partial charge in [-0.3, -0.25) is 0 Å². The van der Waals surface area contributed by atoms with E-state index in [4.69, 9.17) is 5.73 Å². The smallest absolute Gasteiger partial charge is 0.214 e. The van der Waals surface area contributed by atoms with Crippen LogP contribution in [0.2, 0.25) is 0 Å². The molecule has 6 nitrogen and oxygen atoms in total. The Morgan fingerprint density at radius 2 is 1.68 bits per heavy atom. The Labute approximate surface area is 116 Å². The fourth-order valence-electron chi connectivity index (χ4n) is 2.04. The molecule has 0 radical (unpaired) electrons. The van der Waals surface area contributed by atoms with Crippen LogP contribution >= 0.6 is 0 Å². The minimum atomic E-state index is -3.48. The van der Waals surface area contributed by atoms with Crippen molar-refractivity contribution in [2.24, 2.45) is 5.73 Å². The van der Waals surface area contributed by atoms with Gasteiger partial charge in [-0.25, -0.2) is 21.6 Å². The third kappa shape index (κ3) is 4.70. The SMILES string of the molecule is CCC(N)(CC)CNS(=O)(=O)C1CCS(=O)(=O)CC1. The summed E-state index contributed by atoms with van der Waals surface area (Å²) in [7, 11) is -6.53. The van der Waals surface area contributed by atoms with Crippen molar-refractivity contribution < 1.29 is 16.8 Å². The molecule has 19 heavy (non-hydrogen) atoms. The first kappa shape index (κ1) is 16.9. The highest BCUT2D eigenvalue weighted by Crippen LogP contribution is 2.19. The van der Waals surface area contributed by atoms with Crippen molar-refractivity contribution in [1.82, 2.24) is 4.72 Å². The molecule has 1 rings (SSSR count). The highest BCUT2D eigenvalue weighted by molar-refractivity contribution is 7.92. The van der Waals surface area contributed by atoms with Gasteiger partial charge in [0.1, 0.15) is 9.84 Å². The van der Waals surface area contributed by atoms with E-state index in [1.807, 2.05) is 13.8 Å². The topological polar surface area (TPSA) is 106 Å². The predicted molar refractivity (Wildman–Crippen MR) is 76.1 cm³/mol. The molecule has 1 aliphatic heterocycles. The Hall–Kier alpha value is -0.180. The van der Waals surface area contributed by atoms with Gasteiger partial charge in [-0.1, -0.05) is 13.8 Å². The lowest BCUT2D eigenvalue weighted by Crippen LogP contribution is -2.51. The lowest BCUT2D eigenvalue weighted by molar-refractivity contribution is 0.390. The van der Waals surface area contributed by atoms with E-state index in [9.17, 15) is 16.8 Å². The second kappa shape index (κ2) is 6.07. The molecule has 1 fully saturated rings. The molecular formula is C11H24N2O4S2. The number of rotatable bonds is 6. The Morgan fingerprint density at radius 3 is 2.11 bits per heavy atom. The number of sulfonamides is 1. The Bertz CT molecular complexity index is 481. The summed E-state index contributed by atoms with van der Waals surface area (Å²) < 4.78 is 49.4. The summed E-state index contributed by atoms with van der Waals surface area (Å²) in [5.74, 6) is -0.0954. The average molecular weight is 312 g/mol. The van der Waals surface area contributed by atoms with Crippen molar-refractivity contribution in [1.29, 1.82) is 0 Å². The molecule has 0 saturated carbocycles. The van der Waals surface area contributed by atoms with E-state index in [2.05, 4.69) is 4.72 Å². The Morgan fingerprint density at radius 1 is 1.21 bits per heavy atom. The van der Waals surface area contributed by atoms with Crippen molar-refractivity contribution in [3.8, 4) is 0 Å². The van der Waals surface area contributed by atoms with E-state index in [1.54, 1.807) is 0 Å². The largest absolute Gasteiger partial charge is 0.324 e. The molecule has 0 aromatic carbocycles. The molecule has 0 unspecified atom stereocenters. The minimum Gasteiger partial charge on any atom is -0.324 e. The molecule has 1 saturated heterocycles. The van der Waals surface area contributed by atoms with Crippen LogP contribution in [0.3, 0.4) is 0 Å². The van der Waals surface area contributed by atoms with Crippen LogP contribution in [0, 0.1) is 0 Å². The maximum absolute atomic E-state index is 12.1. The molecule has 0 amide bonds. The van der Waals surface area contributed by atoms with E-state index in [1.165, 1.54) is 0 Å². The van der Waals surface area contributed by atoms with Crippen LogP contribution in [0.25, 0.3) is 0 Å². The molecule has 0 spiro atoms. The van der Waals surface area contributed by atoms with Gasteiger partial charge in [-0.15, -0.1) is 0 Å². The normalized spacial score (nSPS) is 21.4. The number of hydrogen-bond acceptors (Lipinski definition) is 5. The van der Waals surface area contributed by atoms with Gasteiger partial charge < -0.3 is 5.73 Å². The molecule has 0 bridgehead atoms. The van der Waals surface area contributed by atoms with E-state index >= 15 is 0 Å². The zero-order valence-corrected chi connectivity index (χ0v) is 13.2. The van der Waals surface area contributed by atoms with Crippen molar-refractivity contribution in [3.05, 3.63) is 0 Å². The van der Waals surface area contributed by atoms with Crippen molar-refractivity contribution >= 4 is 19.9 Å². The molecular weight excluding hydrogens is 288 g/mol. The molecule has 0 aliphatic carbocycles. The van der Waals surface area contributed by atoms with E-state index < -0.39 is 30.6 Å². The van der Waals surface area contributed by atoms with Crippen LogP contribution in [0.15, 0.2) is 0 Å². The van der Waals surface area contributed by atoms with Crippen molar-refractivity contribution in [2.75, 3.05) is 18.1 Å². The molecule has 114 valence electrons. The second-order valence-corrected chi connectivity index (χ2v) is 9.64. The quantitative estimate of drug-likeness (QED) is 0.718. The third-order valence-electron chi connectivity index (χ3n) is 3.97. The average Bonchev–Trinajstić information content (AvgIpc) is 2.35. The van der Waals surface area contributed by atoms with Gasteiger partial charge >= 0.3 is 0 Å². The fraction of sp³-hybridized carbons (Fsp3) is 1.00. The van der Waals surface area contributed by atoms with Gasteiger partial charge in [0.05, 0.1) is 16.8 Å². The first-order valence-electron chi connectivity index (χ1n) is 6.62. The summed E-state index contributed by atoms with van der Waals surface area (Å²) in [4.78, 5) is 0. The lowest BCUT2D eigenvalue weighted by Gasteiger charge is -2.29. The third-order valence-corrected chi connectivity index (χ3v) is 7.59. The van der Waals surface area contributed by atoms with Gasteiger partial charge in [0.15, 0.2) is 0 Å². The molecule has 3 N–H and O–H groups in total. The van der Waals surface area contributed by atoms with E-state index in [0.717, 1.165) is 0 Å². The monoisotopic (exact) mass is 312 g/mol. The predicted octanol–water partition coefficient (Wildman–Crippen LogP) is 0.000500. The highest BCUT2D eigenvalue weighted by atomic mass is 32.2. The van der Waals surface area contributed by atoms with Gasteiger partial charge in [-0.05, 0) is 25.7 Å². The summed E-state index contributed by atoms with van der Waals surface area (Å²) in [6.45, 7) is 4.04. The second-order valence-electron chi connectivity index (χ2n) is 5.29. The molecule has 0 atom stereocenters. The van der Waals surface area contributed by atoms with E-state index in [0.29, 0.717) is 12.8 Å². The Balaban J connectivity index is 2.63. The molecule has 1 aliphatic rings. The summed E-state index contributed by atoms with van der Waals surface area (Å²) in [5.41, 5.74) is 5.52. The van der Waals surface area contributed by atoms with Gasteiger partial charge in [0, 0.05) is 12.1 Å². The van der Waals surface area contributed by atoms with E-state index in [-0.39, 0.29) is 30.9 Å². The minimum absolute atomic E-state index is 0.0477. The van der Waals surface area contributed by atoms with Crippen LogP contribution in [0.1, 0.15) is 39.5 Å². The standard InChI is InChI=1S/C11H24N2O4S2/c1-3-11(12,4-2)9-13-19(16,17)10-5-7-18(14,15)8-6-10/h10,13H,3-9,12H2,1-2H3. The number of sulfone groups is 1. The van der Waals surface area contributed by atoms with Crippen molar-refractivity contribution in [3.63, 3.8) is 0 Å². The Kier molecular flexibility index (Phi) is 5.39. The van der Waals surface area contributed by atoms with Crippen LogP contribution in [-0.4, -0.2) is 45.7 Å². The van der Waals surface area contributed by atoms with Crippen LogP contribution in [0.4, 0.5) is 0 Å². The first-order chi connectivity index (χ1) is 8.64. The van der Waals surface area contributed by atoms with Crippen LogP contribution < -0.4 is 10.5 Å². The number of nitrogens with two attached hydrogens (primary N) is 1. The van der Waals surface area contributed by atoms with Gasteiger partial charge in [0.25, 0.3) is 0 Å². The summed E-state index contributed by atoms with van der Waals surface area (Å²) in [6, 6.07) is 0. The van der Waals surface area contributed by atoms with Gasteiger partial charge in [-0.2, -0.15) is 0 Å². The highest BCUT2D eigenvalue weighted by Gasteiger charge is 2.33. The molecule has 0 aromatic rings. The first-order valence-corrected chi connectivity index (χ1v) is 9.99. The van der Waals surface area contributed by atoms with Crippen LogP contribution in [0.5, 0.6) is 0 Å². The lowest BCUT2D eigenvalue weighted by atomic mass is 9.95. The summed E-state index contributed by atoms with van der Waals surface area (Å²) in [6.07, 6.45) is 1.72. The zero-order chi connectivity index (χ0) is 14.7. The summed E-state index contributed by atoms with van der Waals surface area (Å²) >= 11 is 0. The maximum atomic E-state index is 12.1. The van der Waals surface area contributed by atoms with Crippen LogP contribution in [-0.2, 0) is 19.9 Å². The van der Waals surface area contributed by atoms with Gasteiger partial charge in [0.2, 0.25) is 10.0 Å². The molecule has 0 aromatic heterocycles.